The van der Waals surface area contributed by atoms with E-state index in [4.69, 9.17) is 0 Å². The zero-order valence-electron chi connectivity index (χ0n) is 11.7. The molecule has 0 aliphatic heterocycles. The minimum Gasteiger partial charge on any atom is -0.480 e. The molecule has 1 aromatic carbocycles. The van der Waals surface area contributed by atoms with Gasteiger partial charge in [-0.25, -0.2) is 0 Å². The van der Waals surface area contributed by atoms with E-state index in [1.54, 1.807) is 6.92 Å². The van der Waals surface area contributed by atoms with E-state index in [0.717, 1.165) is 0 Å². The number of nitrogens with one attached hydrogen (secondary N) is 2. The number of benzene rings is 1. The van der Waals surface area contributed by atoms with Gasteiger partial charge in [-0.05, 0) is 12.5 Å². The first-order valence-electron chi connectivity index (χ1n) is 6.29. The number of nitro groups is 1. The number of nitrogens with zero attached hydrogens (tertiary/aromatic N) is 1. The van der Waals surface area contributed by atoms with Crippen LogP contribution >= 0.6 is 0 Å². The minimum absolute atomic E-state index is 0.102. The number of non-ortho nitro benzene ring substituents is 1. The summed E-state index contributed by atoms with van der Waals surface area (Å²) in [6.07, 6.45) is 0. The predicted molar refractivity (Wildman–Crippen MR) is 74.8 cm³/mol. The molecule has 0 fully saturated rings. The van der Waals surface area contributed by atoms with Crippen LogP contribution in [0.3, 0.4) is 0 Å². The van der Waals surface area contributed by atoms with Crippen LogP contribution in [0.1, 0.15) is 25.5 Å². The molecule has 0 saturated heterocycles. The molecule has 1 rings (SSSR count). The van der Waals surface area contributed by atoms with Crippen LogP contribution in [0, 0.1) is 10.1 Å². The molecular weight excluding hydrogens is 278 g/mol. The van der Waals surface area contributed by atoms with E-state index in [1.165, 1.54) is 31.2 Å². The second-order valence-corrected chi connectivity index (χ2v) is 4.63. The third-order valence-corrected chi connectivity index (χ3v) is 2.76. The number of nitro benzene ring substituents is 1. The van der Waals surface area contributed by atoms with Crippen LogP contribution in [0.5, 0.6) is 0 Å². The number of hydrogen-bond donors (Lipinski definition) is 3. The fourth-order valence-corrected chi connectivity index (χ4v) is 1.83. The van der Waals surface area contributed by atoms with Gasteiger partial charge in [-0.3, -0.25) is 25.0 Å². The van der Waals surface area contributed by atoms with E-state index in [1.807, 2.05) is 0 Å². The summed E-state index contributed by atoms with van der Waals surface area (Å²) < 4.78 is 0. The van der Waals surface area contributed by atoms with Gasteiger partial charge in [-0.2, -0.15) is 0 Å². The summed E-state index contributed by atoms with van der Waals surface area (Å²) in [5.74, 6) is -1.30. The summed E-state index contributed by atoms with van der Waals surface area (Å²) in [4.78, 5) is 32.2. The summed E-state index contributed by atoms with van der Waals surface area (Å²) >= 11 is 0. The Hall–Kier alpha value is -2.48. The van der Waals surface area contributed by atoms with Crippen molar-refractivity contribution in [1.82, 2.24) is 10.6 Å². The second-order valence-electron chi connectivity index (χ2n) is 4.63. The number of aliphatic carboxylic acids is 1. The van der Waals surface area contributed by atoms with Crippen molar-refractivity contribution in [3.05, 3.63) is 39.9 Å². The molecule has 0 heterocycles. The van der Waals surface area contributed by atoms with E-state index < -0.39 is 16.9 Å². The quantitative estimate of drug-likeness (QED) is 0.506. The smallest absolute Gasteiger partial charge is 0.325 e. The van der Waals surface area contributed by atoms with Gasteiger partial charge in [0.1, 0.15) is 6.04 Å². The highest BCUT2D eigenvalue weighted by Gasteiger charge is 2.21. The van der Waals surface area contributed by atoms with E-state index >= 15 is 0 Å². The van der Waals surface area contributed by atoms with Gasteiger partial charge in [0, 0.05) is 31.6 Å². The van der Waals surface area contributed by atoms with Gasteiger partial charge in [0.25, 0.3) is 5.69 Å². The average molecular weight is 295 g/mol. The molecule has 8 heteroatoms. The van der Waals surface area contributed by atoms with Gasteiger partial charge in [-0.1, -0.05) is 12.1 Å². The lowest BCUT2D eigenvalue weighted by Crippen LogP contribution is -2.41. The normalized spacial score (nSPS) is 13.2. The monoisotopic (exact) mass is 295 g/mol. The number of rotatable bonds is 7. The molecular formula is C13H17N3O5. The highest BCUT2D eigenvalue weighted by Crippen LogP contribution is 2.18. The number of amides is 1. The molecule has 0 aliphatic rings. The first-order chi connectivity index (χ1) is 9.81. The standard InChI is InChI=1S/C13H17N3O5/c1-8(15-9(2)17)7-14-12(13(18)19)10-3-5-11(6-4-10)16(20)21/h3-6,8,12,14H,7H2,1-2H3,(H,15,17)(H,18,19). The Balaban J connectivity index is 2.75. The summed E-state index contributed by atoms with van der Waals surface area (Å²) in [5, 5.41) is 25.2. The van der Waals surface area contributed by atoms with Crippen molar-refractivity contribution in [3.8, 4) is 0 Å². The van der Waals surface area contributed by atoms with Crippen LogP contribution in [0.4, 0.5) is 5.69 Å². The number of carbonyl (C=O) groups excluding carboxylic acids is 1. The third kappa shape index (κ3) is 5.19. The first-order valence-corrected chi connectivity index (χ1v) is 6.29. The number of carboxylic acids is 1. The maximum atomic E-state index is 11.3. The summed E-state index contributed by atoms with van der Waals surface area (Å²) in [7, 11) is 0. The van der Waals surface area contributed by atoms with E-state index in [2.05, 4.69) is 10.6 Å². The maximum absolute atomic E-state index is 11.3. The van der Waals surface area contributed by atoms with E-state index in [-0.39, 0.29) is 24.2 Å². The van der Waals surface area contributed by atoms with Crippen molar-refractivity contribution in [3.63, 3.8) is 0 Å². The van der Waals surface area contributed by atoms with Crippen LogP contribution < -0.4 is 10.6 Å². The molecule has 21 heavy (non-hydrogen) atoms. The van der Waals surface area contributed by atoms with Crippen LogP contribution in [0.15, 0.2) is 24.3 Å². The highest BCUT2D eigenvalue weighted by atomic mass is 16.6. The Morgan fingerprint density at radius 3 is 2.33 bits per heavy atom. The van der Waals surface area contributed by atoms with Gasteiger partial charge in [0.05, 0.1) is 4.92 Å². The van der Waals surface area contributed by atoms with Crippen molar-refractivity contribution in [2.75, 3.05) is 6.54 Å². The zero-order chi connectivity index (χ0) is 16.0. The number of hydrogen-bond acceptors (Lipinski definition) is 5. The summed E-state index contributed by atoms with van der Waals surface area (Å²) in [6, 6.07) is 4.07. The van der Waals surface area contributed by atoms with E-state index in [0.29, 0.717) is 5.56 Å². The Bertz CT molecular complexity index is 529. The van der Waals surface area contributed by atoms with Gasteiger partial charge in [-0.15, -0.1) is 0 Å². The minimum atomic E-state index is -1.10. The Morgan fingerprint density at radius 1 is 1.33 bits per heavy atom. The lowest BCUT2D eigenvalue weighted by Gasteiger charge is -2.18. The molecule has 0 bridgehead atoms. The molecule has 0 aromatic heterocycles. The average Bonchev–Trinajstić information content (AvgIpc) is 2.38. The molecule has 0 radical (unpaired) electrons. The van der Waals surface area contributed by atoms with Crippen molar-refractivity contribution in [2.24, 2.45) is 0 Å². The fraction of sp³-hybridized carbons (Fsp3) is 0.385. The molecule has 0 spiro atoms. The number of carbonyl (C=O) groups is 2. The molecule has 1 amide bonds. The number of carboxylic acid groups (broad SMARTS) is 1. The van der Waals surface area contributed by atoms with Crippen LogP contribution in [0.2, 0.25) is 0 Å². The van der Waals surface area contributed by atoms with Crippen molar-refractivity contribution in [2.45, 2.75) is 25.9 Å². The van der Waals surface area contributed by atoms with Gasteiger partial charge < -0.3 is 10.4 Å². The second kappa shape index (κ2) is 7.34. The molecule has 114 valence electrons. The first kappa shape index (κ1) is 16.6. The van der Waals surface area contributed by atoms with Gasteiger partial charge >= 0.3 is 5.97 Å². The fourth-order valence-electron chi connectivity index (χ4n) is 1.83. The largest absolute Gasteiger partial charge is 0.480 e. The lowest BCUT2D eigenvalue weighted by molar-refractivity contribution is -0.384. The molecule has 0 saturated carbocycles. The molecule has 3 N–H and O–H groups in total. The molecule has 2 atom stereocenters. The van der Waals surface area contributed by atoms with Crippen LogP contribution in [0.25, 0.3) is 0 Å². The Kier molecular flexibility index (Phi) is 5.79. The molecule has 2 unspecified atom stereocenters. The summed E-state index contributed by atoms with van der Waals surface area (Å²) in [6.45, 7) is 3.37. The maximum Gasteiger partial charge on any atom is 0.325 e. The van der Waals surface area contributed by atoms with Gasteiger partial charge in [0.15, 0.2) is 0 Å². The van der Waals surface area contributed by atoms with Crippen LogP contribution in [-0.2, 0) is 9.59 Å². The topological polar surface area (TPSA) is 122 Å². The Morgan fingerprint density at radius 2 is 1.90 bits per heavy atom. The lowest BCUT2D eigenvalue weighted by atomic mass is 10.1. The van der Waals surface area contributed by atoms with Crippen molar-refractivity contribution in [1.29, 1.82) is 0 Å². The molecule has 0 aliphatic carbocycles. The highest BCUT2D eigenvalue weighted by molar-refractivity contribution is 5.75. The SMILES string of the molecule is CC(=O)NC(C)CNC(C(=O)O)c1ccc([N+](=O)[O-])cc1. The van der Waals surface area contributed by atoms with Gasteiger partial charge in [0.2, 0.25) is 5.91 Å². The van der Waals surface area contributed by atoms with E-state index in [9.17, 15) is 24.8 Å². The van der Waals surface area contributed by atoms with Crippen LogP contribution in [-0.4, -0.2) is 34.5 Å². The Labute approximate surface area is 121 Å². The van der Waals surface area contributed by atoms with Crippen molar-refractivity contribution < 1.29 is 19.6 Å². The molecule has 8 nitrogen and oxygen atoms in total. The third-order valence-electron chi connectivity index (χ3n) is 2.76. The molecule has 1 aromatic rings. The zero-order valence-corrected chi connectivity index (χ0v) is 11.7. The predicted octanol–water partition coefficient (Wildman–Crippen LogP) is 0.835. The summed E-state index contributed by atoms with van der Waals surface area (Å²) in [5.41, 5.74) is 0.303. The van der Waals surface area contributed by atoms with Crippen molar-refractivity contribution >= 4 is 17.6 Å².